The van der Waals surface area contributed by atoms with Crippen molar-refractivity contribution >= 4 is 39.9 Å². The minimum Gasteiger partial charge on any atom is -0.506 e. The van der Waals surface area contributed by atoms with Gasteiger partial charge in [0, 0.05) is 17.9 Å². The first kappa shape index (κ1) is 25.2. The highest BCUT2D eigenvalue weighted by Gasteiger charge is 2.52. The number of carbonyl (C=O) groups excluding carboxylic acids is 3. The van der Waals surface area contributed by atoms with Gasteiger partial charge in [-0.2, -0.15) is 0 Å². The number of aliphatic hydroxyl groups excluding tert-OH is 1. The number of methoxy groups -OCH3 is 4. The van der Waals surface area contributed by atoms with E-state index in [-0.39, 0.29) is 41.3 Å². The van der Waals surface area contributed by atoms with Gasteiger partial charge >= 0.3 is 5.97 Å². The van der Waals surface area contributed by atoms with Crippen LogP contribution in [-0.2, 0) is 16.0 Å². The zero-order valence-corrected chi connectivity index (χ0v) is 21.4. The molecule has 0 unspecified atom stereocenters. The maximum Gasteiger partial charge on any atom is 0.339 e. The molecule has 0 bridgehead atoms. The van der Waals surface area contributed by atoms with Crippen molar-refractivity contribution in [2.24, 2.45) is 0 Å². The van der Waals surface area contributed by atoms with E-state index in [0.717, 1.165) is 7.11 Å². The molecular formula is C26H27N3O9. The van der Waals surface area contributed by atoms with Crippen LogP contribution in [0.25, 0.3) is 10.9 Å². The van der Waals surface area contributed by atoms with Gasteiger partial charge in [0.25, 0.3) is 5.91 Å². The van der Waals surface area contributed by atoms with Gasteiger partial charge in [-0.05, 0) is 24.6 Å². The summed E-state index contributed by atoms with van der Waals surface area (Å²) in [5.41, 5.74) is -0.412. The summed E-state index contributed by atoms with van der Waals surface area (Å²) >= 11 is 0. The third-order valence-electron chi connectivity index (χ3n) is 7.06. The molecule has 12 heteroatoms. The number of amides is 1. The summed E-state index contributed by atoms with van der Waals surface area (Å²) in [5.74, 6) is -1.18. The zero-order valence-electron chi connectivity index (χ0n) is 21.4. The smallest absolute Gasteiger partial charge is 0.339 e. The average Bonchev–Trinajstić information content (AvgIpc) is 3.46. The van der Waals surface area contributed by atoms with Gasteiger partial charge in [-0.25, -0.2) is 4.79 Å². The number of Topliss-reactive ketones (excluding diaryl/α,β-unsaturated/α-hetero) is 1. The molecule has 1 aromatic heterocycles. The molecule has 0 radical (unpaired) electrons. The number of hydrogen-bond donors (Lipinski definition) is 4. The highest BCUT2D eigenvalue weighted by molar-refractivity contribution is 6.26. The van der Waals surface area contributed by atoms with E-state index in [1.165, 1.54) is 39.2 Å². The van der Waals surface area contributed by atoms with Gasteiger partial charge in [-0.1, -0.05) is 0 Å². The molecule has 4 N–H and O–H groups in total. The van der Waals surface area contributed by atoms with Crippen LogP contribution in [0.3, 0.4) is 0 Å². The molecule has 0 spiro atoms. The maximum atomic E-state index is 13.8. The number of β-amino-alcohol motifs (C(OH)–C–C–N with tert-alkyl or cyclic N) is 1. The summed E-state index contributed by atoms with van der Waals surface area (Å²) in [6.45, 7) is 1.27. The number of aromatic nitrogens is 1. The van der Waals surface area contributed by atoms with Crippen molar-refractivity contribution in [2.75, 3.05) is 45.2 Å². The number of phenols is 1. The molecule has 38 heavy (non-hydrogen) atoms. The van der Waals surface area contributed by atoms with Crippen LogP contribution in [0.15, 0.2) is 18.2 Å². The summed E-state index contributed by atoms with van der Waals surface area (Å²) in [6.07, 6.45) is -0.960. The molecule has 2 atom stereocenters. The second-order valence-corrected chi connectivity index (χ2v) is 9.28. The Labute approximate surface area is 217 Å². The van der Waals surface area contributed by atoms with Crippen LogP contribution in [0.2, 0.25) is 0 Å². The topological polar surface area (TPSA) is 160 Å². The Morgan fingerprint density at radius 2 is 1.79 bits per heavy atom. The molecule has 0 aliphatic carbocycles. The number of benzene rings is 2. The van der Waals surface area contributed by atoms with Crippen molar-refractivity contribution in [1.82, 2.24) is 4.98 Å². The lowest BCUT2D eigenvalue weighted by Gasteiger charge is -2.33. The van der Waals surface area contributed by atoms with Crippen molar-refractivity contribution in [3.05, 3.63) is 35.0 Å². The molecule has 12 nitrogen and oxygen atoms in total. The molecule has 2 aliphatic heterocycles. The van der Waals surface area contributed by atoms with E-state index >= 15 is 0 Å². The van der Waals surface area contributed by atoms with Crippen molar-refractivity contribution < 1.29 is 43.5 Å². The van der Waals surface area contributed by atoms with Gasteiger partial charge < -0.3 is 44.4 Å². The number of anilines is 2. The number of H-pyrrole nitrogens is 1. The molecular weight excluding hydrogens is 498 g/mol. The average molecular weight is 526 g/mol. The van der Waals surface area contributed by atoms with Crippen molar-refractivity contribution in [3.8, 4) is 23.0 Å². The second kappa shape index (κ2) is 8.84. The lowest BCUT2D eigenvalue weighted by Crippen LogP contribution is -2.47. The van der Waals surface area contributed by atoms with Crippen molar-refractivity contribution in [2.45, 2.75) is 25.0 Å². The lowest BCUT2D eigenvalue weighted by molar-refractivity contribution is -0.143. The van der Waals surface area contributed by atoms with Crippen LogP contribution in [-0.4, -0.2) is 79.5 Å². The van der Waals surface area contributed by atoms with E-state index < -0.39 is 29.3 Å². The standard InChI is InChI=1S/C26H27N3O9/c1-26(25(34)38-5)23(32)18-13-8-12(30)10-29(15(13)9-16(31)20(18)28-26)24(33)14-6-11-7-17(35-2)21(36-3)22(37-4)19(11)27-14/h6-7,9,12,27-28,30-31H,8,10H2,1-5H3/t12-,26+/m0/s1. The fourth-order valence-electron chi connectivity index (χ4n) is 5.23. The Morgan fingerprint density at radius 3 is 2.42 bits per heavy atom. The Morgan fingerprint density at radius 1 is 1.08 bits per heavy atom. The number of hydrogen-bond acceptors (Lipinski definition) is 10. The molecule has 0 fully saturated rings. The molecule has 5 rings (SSSR count). The summed E-state index contributed by atoms with van der Waals surface area (Å²) in [4.78, 5) is 43.9. The molecule has 2 aromatic carbocycles. The fraction of sp³-hybridized carbons (Fsp3) is 0.346. The second-order valence-electron chi connectivity index (χ2n) is 9.28. The lowest BCUT2D eigenvalue weighted by atomic mass is 9.88. The van der Waals surface area contributed by atoms with Crippen LogP contribution < -0.4 is 24.4 Å². The summed E-state index contributed by atoms with van der Waals surface area (Å²) in [6, 6.07) is 4.65. The van der Waals surface area contributed by atoms with Gasteiger partial charge in [0.15, 0.2) is 17.0 Å². The van der Waals surface area contributed by atoms with Crippen LogP contribution in [0.5, 0.6) is 23.0 Å². The predicted octanol–water partition coefficient (Wildman–Crippen LogP) is 2.00. The van der Waals surface area contributed by atoms with Crippen molar-refractivity contribution in [3.63, 3.8) is 0 Å². The summed E-state index contributed by atoms with van der Waals surface area (Å²) < 4.78 is 21.1. The molecule has 200 valence electrons. The number of phenolic OH excluding ortho intramolecular Hbond substituents is 1. The first-order valence-electron chi connectivity index (χ1n) is 11.7. The Balaban J connectivity index is 1.63. The van der Waals surface area contributed by atoms with Crippen molar-refractivity contribution in [1.29, 1.82) is 0 Å². The van der Waals surface area contributed by atoms with Gasteiger partial charge in [-0.3, -0.25) is 9.59 Å². The number of aromatic amines is 1. The Bertz CT molecular complexity index is 1510. The van der Waals surface area contributed by atoms with E-state index in [1.807, 2.05) is 0 Å². The minimum absolute atomic E-state index is 0.0391. The molecule has 0 saturated carbocycles. The monoisotopic (exact) mass is 525 g/mol. The normalized spacial score (nSPS) is 20.0. The van der Waals surface area contributed by atoms with Gasteiger partial charge in [0.05, 0.1) is 63.5 Å². The van der Waals surface area contributed by atoms with Gasteiger partial charge in [0.1, 0.15) is 11.4 Å². The minimum atomic E-state index is -1.76. The highest BCUT2D eigenvalue weighted by atomic mass is 16.5. The number of ether oxygens (including phenoxy) is 4. The molecule has 3 heterocycles. The number of rotatable bonds is 5. The van der Waals surface area contributed by atoms with Gasteiger partial charge in [0.2, 0.25) is 11.5 Å². The maximum absolute atomic E-state index is 13.8. The molecule has 3 aromatic rings. The first-order valence-corrected chi connectivity index (χ1v) is 11.7. The third kappa shape index (κ3) is 3.44. The fourth-order valence-corrected chi connectivity index (χ4v) is 5.23. The number of carbonyl (C=O) groups is 3. The summed E-state index contributed by atoms with van der Waals surface area (Å²) in [7, 11) is 5.58. The quantitative estimate of drug-likeness (QED) is 0.220. The van der Waals surface area contributed by atoms with E-state index in [4.69, 9.17) is 18.9 Å². The highest BCUT2D eigenvalue weighted by Crippen LogP contribution is 2.48. The van der Waals surface area contributed by atoms with E-state index in [9.17, 15) is 24.6 Å². The number of aliphatic hydroxyl groups is 1. The molecule has 1 amide bonds. The number of aromatic hydroxyl groups is 1. The first-order chi connectivity index (χ1) is 18.1. The Kier molecular flexibility index (Phi) is 5.86. The number of esters is 1. The van der Waals surface area contributed by atoms with Gasteiger partial charge in [-0.15, -0.1) is 0 Å². The Hall–Kier alpha value is -4.45. The predicted molar refractivity (Wildman–Crippen MR) is 136 cm³/mol. The number of fused-ring (bicyclic) bond motifs is 4. The number of ketones is 1. The molecule has 0 saturated heterocycles. The van der Waals surface area contributed by atoms with Crippen LogP contribution >= 0.6 is 0 Å². The van der Waals surface area contributed by atoms with Crippen LogP contribution in [0, 0.1) is 0 Å². The largest absolute Gasteiger partial charge is 0.506 e. The third-order valence-corrected chi connectivity index (χ3v) is 7.06. The number of nitrogens with zero attached hydrogens (tertiary/aromatic N) is 1. The van der Waals surface area contributed by atoms with Crippen LogP contribution in [0.1, 0.15) is 33.3 Å². The van der Waals surface area contributed by atoms with E-state index in [0.29, 0.717) is 33.7 Å². The SMILES string of the molecule is COC(=O)[C@]1(C)Nc2c(O)cc3c(c2C1=O)C[C@H](O)CN3C(=O)c1cc2cc(OC)c(OC)c(OC)c2[nH]1. The molecule has 2 aliphatic rings. The zero-order chi connectivity index (χ0) is 27.5. The van der Waals surface area contributed by atoms with E-state index in [2.05, 4.69) is 10.3 Å². The van der Waals surface area contributed by atoms with Crippen LogP contribution in [0.4, 0.5) is 11.4 Å². The number of nitrogens with one attached hydrogen (secondary N) is 2. The summed E-state index contributed by atoms with van der Waals surface area (Å²) in [5, 5.41) is 24.9. The van der Waals surface area contributed by atoms with E-state index in [1.54, 1.807) is 12.1 Å².